The lowest BCUT2D eigenvalue weighted by Crippen LogP contribution is -2.55. The van der Waals surface area contributed by atoms with E-state index in [2.05, 4.69) is 5.32 Å². The second kappa shape index (κ2) is 19.0. The average molecular weight is 647 g/mol. The molecule has 1 aliphatic rings. The number of esters is 1. The number of hydrogen-bond donors (Lipinski definition) is 1. The highest BCUT2D eigenvalue weighted by Crippen LogP contribution is 2.29. The van der Waals surface area contributed by atoms with Crippen LogP contribution in [0.5, 0.6) is 0 Å². The van der Waals surface area contributed by atoms with Crippen molar-refractivity contribution < 1.29 is 33.4 Å². The van der Waals surface area contributed by atoms with Gasteiger partial charge < -0.3 is 29.3 Å². The van der Waals surface area contributed by atoms with Crippen molar-refractivity contribution in [3.63, 3.8) is 0 Å². The van der Waals surface area contributed by atoms with Crippen molar-refractivity contribution in [3.8, 4) is 0 Å². The minimum Gasteiger partial charge on any atom is -0.461 e. The molecule has 7 unspecified atom stereocenters. The molecule has 0 aromatic heterocycles. The zero-order valence-electron chi connectivity index (χ0n) is 29.7. The predicted molar refractivity (Wildman–Crippen MR) is 178 cm³/mol. The first-order valence-corrected chi connectivity index (χ1v) is 16.5. The standard InChI is InChI=1S/C35H58N4O7/c1-11-24(4)32(38(8)30(41)21-36-34(42)31(23(2)3)37(6)7)28(44-9)20-29(40)39-19-15-18-27(39)33(45-10)25(5)35(43)46-22-26-16-13-12-14-17-26/h12-14,16-17,23-25,27-28,31-33H,11,15,18-22H2,1-10H3,(H,36,42). The molecule has 1 fully saturated rings. The van der Waals surface area contributed by atoms with Crippen LogP contribution in [0.1, 0.15) is 65.9 Å². The van der Waals surface area contributed by atoms with Gasteiger partial charge in [0.25, 0.3) is 0 Å². The number of hydrogen-bond acceptors (Lipinski definition) is 8. The Morgan fingerprint density at radius 2 is 1.65 bits per heavy atom. The van der Waals surface area contributed by atoms with Crippen LogP contribution in [-0.2, 0) is 40.0 Å². The maximum absolute atomic E-state index is 13.9. The van der Waals surface area contributed by atoms with Crippen LogP contribution in [0.25, 0.3) is 0 Å². The highest BCUT2D eigenvalue weighted by molar-refractivity contribution is 5.87. The van der Waals surface area contributed by atoms with Gasteiger partial charge in [0.15, 0.2) is 0 Å². The summed E-state index contributed by atoms with van der Waals surface area (Å²) in [6.45, 7) is 10.4. The summed E-state index contributed by atoms with van der Waals surface area (Å²) in [5, 5.41) is 2.80. The molecule has 0 saturated carbocycles. The van der Waals surface area contributed by atoms with Gasteiger partial charge in [0.1, 0.15) is 6.61 Å². The van der Waals surface area contributed by atoms with Crippen LogP contribution in [0.2, 0.25) is 0 Å². The van der Waals surface area contributed by atoms with Gasteiger partial charge in [-0.25, -0.2) is 0 Å². The summed E-state index contributed by atoms with van der Waals surface area (Å²) in [5.41, 5.74) is 0.898. The molecule has 11 heteroatoms. The van der Waals surface area contributed by atoms with E-state index < -0.39 is 24.2 Å². The van der Waals surface area contributed by atoms with Gasteiger partial charge >= 0.3 is 5.97 Å². The van der Waals surface area contributed by atoms with Crippen molar-refractivity contribution in [2.75, 3.05) is 48.5 Å². The summed E-state index contributed by atoms with van der Waals surface area (Å²) in [6.07, 6.45) is 1.20. The fourth-order valence-corrected chi connectivity index (χ4v) is 6.70. The van der Waals surface area contributed by atoms with E-state index in [0.717, 1.165) is 18.4 Å². The Hall–Kier alpha value is -3.02. The van der Waals surface area contributed by atoms with E-state index >= 15 is 0 Å². The normalized spacial score (nSPS) is 18.9. The average Bonchev–Trinajstić information content (AvgIpc) is 3.51. The van der Waals surface area contributed by atoms with Crippen molar-refractivity contribution in [1.82, 2.24) is 20.0 Å². The molecule has 2 rings (SSSR count). The molecule has 46 heavy (non-hydrogen) atoms. The van der Waals surface area contributed by atoms with Crippen molar-refractivity contribution in [2.24, 2.45) is 17.8 Å². The molecular formula is C35H58N4O7. The number of carbonyl (C=O) groups excluding carboxylic acids is 4. The molecule has 3 amide bonds. The van der Waals surface area contributed by atoms with Crippen LogP contribution >= 0.6 is 0 Å². The second-order valence-electron chi connectivity index (χ2n) is 13.1. The molecule has 0 radical (unpaired) electrons. The lowest BCUT2D eigenvalue weighted by atomic mass is 9.90. The smallest absolute Gasteiger partial charge is 0.311 e. The number of benzene rings is 1. The van der Waals surface area contributed by atoms with Crippen LogP contribution in [0.4, 0.5) is 0 Å². The molecule has 0 aliphatic carbocycles. The Labute approximate surface area is 276 Å². The fraction of sp³-hybridized carbons (Fsp3) is 0.714. The highest BCUT2D eigenvalue weighted by Gasteiger charge is 2.42. The first-order valence-electron chi connectivity index (χ1n) is 16.5. The predicted octanol–water partition coefficient (Wildman–Crippen LogP) is 3.35. The third-order valence-electron chi connectivity index (χ3n) is 9.36. The van der Waals surface area contributed by atoms with Crippen molar-refractivity contribution in [2.45, 2.75) is 97.2 Å². The van der Waals surface area contributed by atoms with Gasteiger partial charge in [-0.15, -0.1) is 0 Å². The third kappa shape index (κ3) is 10.5. The molecule has 0 spiro atoms. The minimum atomic E-state index is -0.583. The number of likely N-dealkylation sites (N-methyl/N-ethyl adjacent to an activating group) is 2. The molecule has 1 heterocycles. The number of ether oxygens (including phenoxy) is 3. The first kappa shape index (κ1) is 39.2. The van der Waals surface area contributed by atoms with E-state index in [1.54, 1.807) is 38.0 Å². The zero-order valence-corrected chi connectivity index (χ0v) is 29.7. The largest absolute Gasteiger partial charge is 0.461 e. The lowest BCUT2D eigenvalue weighted by molar-refractivity contribution is -0.158. The first-order chi connectivity index (χ1) is 21.8. The maximum atomic E-state index is 13.9. The zero-order chi connectivity index (χ0) is 34.6. The molecule has 1 aromatic carbocycles. The Morgan fingerprint density at radius 1 is 1.00 bits per heavy atom. The third-order valence-corrected chi connectivity index (χ3v) is 9.36. The van der Waals surface area contributed by atoms with Gasteiger partial charge in [0.2, 0.25) is 17.7 Å². The fourth-order valence-electron chi connectivity index (χ4n) is 6.70. The maximum Gasteiger partial charge on any atom is 0.311 e. The van der Waals surface area contributed by atoms with E-state index in [1.165, 1.54) is 0 Å². The van der Waals surface area contributed by atoms with Crippen molar-refractivity contribution >= 4 is 23.7 Å². The SMILES string of the molecule is CCC(C)C(C(CC(=O)N1CCCC1C(OC)C(C)C(=O)OCc1ccccc1)OC)N(C)C(=O)CNC(=O)C(C(C)C)N(C)C. The summed E-state index contributed by atoms with van der Waals surface area (Å²) in [6, 6.07) is 8.44. The molecule has 260 valence electrons. The number of likely N-dealkylation sites (tertiary alicyclic amines) is 1. The molecule has 1 saturated heterocycles. The van der Waals surface area contributed by atoms with E-state index in [4.69, 9.17) is 14.2 Å². The molecular weight excluding hydrogens is 588 g/mol. The van der Waals surface area contributed by atoms with Crippen LogP contribution in [-0.4, -0.2) is 117 Å². The number of nitrogens with one attached hydrogen (secondary N) is 1. The van der Waals surface area contributed by atoms with Gasteiger partial charge in [0.05, 0.1) is 49.2 Å². The summed E-state index contributed by atoms with van der Waals surface area (Å²) in [5.74, 6) is -1.43. The monoisotopic (exact) mass is 646 g/mol. The summed E-state index contributed by atoms with van der Waals surface area (Å²) in [4.78, 5) is 58.4. The van der Waals surface area contributed by atoms with Gasteiger partial charge in [-0.05, 0) is 51.3 Å². The Bertz CT molecular complexity index is 1110. The van der Waals surface area contributed by atoms with Crippen LogP contribution in [0, 0.1) is 17.8 Å². The number of carbonyl (C=O) groups is 4. The molecule has 1 N–H and O–H groups in total. The van der Waals surface area contributed by atoms with Crippen molar-refractivity contribution in [1.29, 1.82) is 0 Å². The molecule has 7 atom stereocenters. The van der Waals surface area contributed by atoms with E-state index in [0.29, 0.717) is 13.0 Å². The van der Waals surface area contributed by atoms with Crippen molar-refractivity contribution in [3.05, 3.63) is 35.9 Å². The van der Waals surface area contributed by atoms with Gasteiger partial charge in [-0.3, -0.25) is 24.1 Å². The Balaban J connectivity index is 2.13. The van der Waals surface area contributed by atoms with Crippen LogP contribution in [0.15, 0.2) is 30.3 Å². The van der Waals surface area contributed by atoms with Crippen LogP contribution < -0.4 is 5.32 Å². The van der Waals surface area contributed by atoms with Gasteiger partial charge in [-0.2, -0.15) is 0 Å². The summed E-state index contributed by atoms with van der Waals surface area (Å²) >= 11 is 0. The molecule has 0 bridgehead atoms. The van der Waals surface area contributed by atoms with Gasteiger partial charge in [0, 0.05) is 27.8 Å². The quantitative estimate of drug-likeness (QED) is 0.242. The van der Waals surface area contributed by atoms with Crippen LogP contribution in [0.3, 0.4) is 0 Å². The molecule has 1 aliphatic heterocycles. The lowest BCUT2D eigenvalue weighted by Gasteiger charge is -2.39. The number of nitrogens with zero attached hydrogens (tertiary/aromatic N) is 3. The molecule has 11 nitrogen and oxygen atoms in total. The number of rotatable bonds is 18. The van der Waals surface area contributed by atoms with Gasteiger partial charge in [-0.1, -0.05) is 64.4 Å². The van der Waals surface area contributed by atoms with E-state index in [9.17, 15) is 19.2 Å². The second-order valence-corrected chi connectivity index (χ2v) is 13.1. The van der Waals surface area contributed by atoms with E-state index in [-0.39, 0.29) is 67.2 Å². The number of methoxy groups -OCH3 is 2. The molecule has 1 aromatic rings. The minimum absolute atomic E-state index is 0.0214. The highest BCUT2D eigenvalue weighted by atomic mass is 16.5. The summed E-state index contributed by atoms with van der Waals surface area (Å²) in [7, 11) is 8.51. The number of amides is 3. The Kier molecular flexibility index (Phi) is 16.1. The van der Waals surface area contributed by atoms with E-state index in [1.807, 2.05) is 77.0 Å². The topological polar surface area (TPSA) is 118 Å². The Morgan fingerprint density at radius 3 is 2.20 bits per heavy atom. The summed E-state index contributed by atoms with van der Waals surface area (Å²) < 4.78 is 17.3.